The Labute approximate surface area is 128 Å². The summed E-state index contributed by atoms with van der Waals surface area (Å²) in [6.07, 6.45) is 1.93. The number of phenols is 1. The van der Waals surface area contributed by atoms with Crippen LogP contribution in [0.1, 0.15) is 25.5 Å². The second-order valence-electron chi connectivity index (χ2n) is 5.38. The van der Waals surface area contributed by atoms with Crippen molar-refractivity contribution in [1.29, 1.82) is 0 Å². The summed E-state index contributed by atoms with van der Waals surface area (Å²) >= 11 is 0. The first-order chi connectivity index (χ1) is 10.2. The molecule has 2 rings (SSSR count). The van der Waals surface area contributed by atoms with Crippen molar-refractivity contribution in [3.05, 3.63) is 36.4 Å². The molecule has 21 heavy (non-hydrogen) atoms. The van der Waals surface area contributed by atoms with Crippen molar-refractivity contribution in [1.82, 2.24) is 10.2 Å². The molecule has 1 aromatic carbocycles. The van der Waals surface area contributed by atoms with Crippen LogP contribution in [0.5, 0.6) is 5.75 Å². The monoisotopic (exact) mass is 289 g/mol. The molecule has 116 valence electrons. The minimum absolute atomic E-state index is 0.0813. The highest BCUT2D eigenvalue weighted by atomic mass is 16.3. The summed E-state index contributed by atoms with van der Waals surface area (Å²) in [5, 5.41) is 13.8. The van der Waals surface area contributed by atoms with E-state index in [1.54, 1.807) is 0 Å². The van der Waals surface area contributed by atoms with Gasteiger partial charge >= 0.3 is 0 Å². The highest BCUT2D eigenvalue weighted by molar-refractivity contribution is 5.54. The van der Waals surface area contributed by atoms with Crippen LogP contribution >= 0.6 is 0 Å². The van der Waals surface area contributed by atoms with E-state index in [0.717, 1.165) is 50.5 Å². The average Bonchev–Trinajstić information content (AvgIpc) is 2.52. The van der Waals surface area contributed by atoms with Crippen molar-refractivity contribution in [2.24, 2.45) is 0 Å². The lowest BCUT2D eigenvalue weighted by Gasteiger charge is -2.34. The number of rotatable bonds is 6. The van der Waals surface area contributed by atoms with Crippen molar-refractivity contribution in [2.75, 3.05) is 44.2 Å². The number of nitrogens with zero attached hydrogens (tertiary/aromatic N) is 2. The molecule has 0 aliphatic carbocycles. The van der Waals surface area contributed by atoms with Gasteiger partial charge < -0.3 is 15.3 Å². The number of hydrogen-bond acceptors (Lipinski definition) is 4. The number of benzene rings is 1. The molecule has 1 heterocycles. The zero-order valence-corrected chi connectivity index (χ0v) is 13.2. The molecule has 0 spiro atoms. The number of nitrogens with one attached hydrogen (secondary N) is 1. The molecule has 0 unspecified atom stereocenters. The van der Waals surface area contributed by atoms with Crippen LogP contribution in [-0.4, -0.2) is 49.3 Å². The highest BCUT2D eigenvalue weighted by Gasteiger charge is 2.22. The van der Waals surface area contributed by atoms with E-state index >= 15 is 0 Å². The topological polar surface area (TPSA) is 38.7 Å². The van der Waals surface area contributed by atoms with E-state index in [2.05, 4.69) is 41.6 Å². The van der Waals surface area contributed by atoms with Gasteiger partial charge in [-0.2, -0.15) is 0 Å². The standard InChI is InChI=1S/C17H27N3O/c1-4-16(20-11-9-18-10-12-20)15-8-7-14(13-17(15)21)19(5-2)6-3/h4,7-8,13,16,18,21H,1,5-6,9-12H2,2-3H3/t16-/m0/s1. The van der Waals surface area contributed by atoms with Crippen LogP contribution in [0.4, 0.5) is 5.69 Å². The molecule has 1 aliphatic heterocycles. The summed E-state index contributed by atoms with van der Waals surface area (Å²) in [4.78, 5) is 4.59. The smallest absolute Gasteiger partial charge is 0.122 e. The van der Waals surface area contributed by atoms with Crippen molar-refractivity contribution in [3.8, 4) is 5.75 Å². The van der Waals surface area contributed by atoms with Crippen molar-refractivity contribution in [2.45, 2.75) is 19.9 Å². The van der Waals surface area contributed by atoms with Gasteiger partial charge in [-0.05, 0) is 19.9 Å². The van der Waals surface area contributed by atoms with Crippen LogP contribution in [0.15, 0.2) is 30.9 Å². The third-order valence-corrected chi connectivity index (χ3v) is 4.23. The number of aromatic hydroxyl groups is 1. The van der Waals surface area contributed by atoms with Gasteiger partial charge in [0, 0.05) is 56.6 Å². The Balaban J connectivity index is 2.23. The summed E-state index contributed by atoms with van der Waals surface area (Å²) in [6.45, 7) is 14.0. The van der Waals surface area contributed by atoms with Crippen molar-refractivity contribution in [3.63, 3.8) is 0 Å². The number of anilines is 1. The summed E-state index contributed by atoms with van der Waals surface area (Å²) in [6, 6.07) is 6.09. The normalized spacial score (nSPS) is 17.4. The van der Waals surface area contributed by atoms with Crippen LogP contribution < -0.4 is 10.2 Å². The Bertz CT molecular complexity index is 465. The molecule has 0 radical (unpaired) electrons. The Morgan fingerprint density at radius 3 is 2.52 bits per heavy atom. The molecule has 0 bridgehead atoms. The summed E-state index contributed by atoms with van der Waals surface area (Å²) < 4.78 is 0. The second-order valence-corrected chi connectivity index (χ2v) is 5.38. The highest BCUT2D eigenvalue weighted by Crippen LogP contribution is 2.33. The van der Waals surface area contributed by atoms with Gasteiger partial charge in [-0.25, -0.2) is 0 Å². The van der Waals surface area contributed by atoms with Crippen molar-refractivity contribution < 1.29 is 5.11 Å². The fraction of sp³-hybridized carbons (Fsp3) is 0.529. The lowest BCUT2D eigenvalue weighted by molar-refractivity contribution is 0.201. The van der Waals surface area contributed by atoms with Gasteiger partial charge in [0.05, 0.1) is 6.04 Å². The lowest BCUT2D eigenvalue weighted by Crippen LogP contribution is -2.44. The molecule has 2 N–H and O–H groups in total. The molecule has 1 saturated heterocycles. The maximum absolute atomic E-state index is 10.4. The molecule has 0 aromatic heterocycles. The maximum atomic E-state index is 10.4. The van der Waals surface area contributed by atoms with Crippen LogP contribution in [0.2, 0.25) is 0 Å². The Kier molecular flexibility index (Phi) is 5.65. The number of hydrogen-bond donors (Lipinski definition) is 2. The quantitative estimate of drug-likeness (QED) is 0.789. The van der Waals surface area contributed by atoms with E-state index < -0.39 is 0 Å². The molecule has 1 fully saturated rings. The Hall–Kier alpha value is -1.52. The van der Waals surface area contributed by atoms with Gasteiger partial charge in [0.1, 0.15) is 5.75 Å². The van der Waals surface area contributed by atoms with E-state index in [9.17, 15) is 5.11 Å². The third kappa shape index (κ3) is 3.57. The molecular formula is C17H27N3O. The predicted molar refractivity (Wildman–Crippen MR) is 89.0 cm³/mol. The summed E-state index contributed by atoms with van der Waals surface area (Å²) in [7, 11) is 0. The molecular weight excluding hydrogens is 262 g/mol. The minimum atomic E-state index is 0.0813. The average molecular weight is 289 g/mol. The second kappa shape index (κ2) is 7.48. The minimum Gasteiger partial charge on any atom is -0.508 e. The zero-order valence-electron chi connectivity index (χ0n) is 13.2. The van der Waals surface area contributed by atoms with Gasteiger partial charge in [-0.15, -0.1) is 6.58 Å². The molecule has 1 aromatic rings. The lowest BCUT2D eigenvalue weighted by atomic mass is 10.0. The predicted octanol–water partition coefficient (Wildman–Crippen LogP) is 2.37. The fourth-order valence-electron chi connectivity index (χ4n) is 3.00. The van der Waals surface area contributed by atoms with E-state index in [1.165, 1.54) is 0 Å². The van der Waals surface area contributed by atoms with Crippen LogP contribution in [0, 0.1) is 0 Å². The van der Waals surface area contributed by atoms with E-state index in [1.807, 2.05) is 18.2 Å². The number of phenolic OH excluding ortho intramolecular Hbond substituents is 1. The van der Waals surface area contributed by atoms with Gasteiger partial charge in [-0.1, -0.05) is 12.1 Å². The van der Waals surface area contributed by atoms with Gasteiger partial charge in [-0.3, -0.25) is 4.90 Å². The first-order valence-electron chi connectivity index (χ1n) is 7.86. The first kappa shape index (κ1) is 15.9. The van der Waals surface area contributed by atoms with Gasteiger partial charge in [0.15, 0.2) is 0 Å². The van der Waals surface area contributed by atoms with Crippen molar-refractivity contribution >= 4 is 5.69 Å². The molecule has 4 heteroatoms. The van der Waals surface area contributed by atoms with Crippen LogP contribution in [0.3, 0.4) is 0 Å². The van der Waals surface area contributed by atoms with Gasteiger partial charge in [0.2, 0.25) is 0 Å². The Morgan fingerprint density at radius 1 is 1.33 bits per heavy atom. The zero-order chi connectivity index (χ0) is 15.2. The molecule has 0 amide bonds. The summed E-state index contributed by atoms with van der Waals surface area (Å²) in [5.74, 6) is 0.364. The van der Waals surface area contributed by atoms with Crippen LogP contribution in [0.25, 0.3) is 0 Å². The SMILES string of the molecule is C=C[C@@H](c1ccc(N(CC)CC)cc1O)N1CCNCC1. The van der Waals surface area contributed by atoms with Crippen LogP contribution in [-0.2, 0) is 0 Å². The molecule has 4 nitrogen and oxygen atoms in total. The molecule has 1 aliphatic rings. The van der Waals surface area contributed by atoms with E-state index in [-0.39, 0.29) is 6.04 Å². The van der Waals surface area contributed by atoms with E-state index in [4.69, 9.17) is 0 Å². The first-order valence-corrected chi connectivity index (χ1v) is 7.86. The Morgan fingerprint density at radius 2 is 2.00 bits per heavy atom. The third-order valence-electron chi connectivity index (χ3n) is 4.23. The molecule has 0 saturated carbocycles. The number of piperazine rings is 1. The maximum Gasteiger partial charge on any atom is 0.122 e. The summed E-state index contributed by atoms with van der Waals surface area (Å²) in [5.41, 5.74) is 2.02. The molecule has 1 atom stereocenters. The fourth-order valence-corrected chi connectivity index (χ4v) is 3.00. The largest absolute Gasteiger partial charge is 0.508 e. The van der Waals surface area contributed by atoms with E-state index in [0.29, 0.717) is 5.75 Å². The van der Waals surface area contributed by atoms with Gasteiger partial charge in [0.25, 0.3) is 0 Å².